The van der Waals surface area contributed by atoms with Crippen LogP contribution in [0.4, 0.5) is 0 Å². The lowest BCUT2D eigenvalue weighted by Crippen LogP contribution is -2.19. The third-order valence-electron chi connectivity index (χ3n) is 1.74. The van der Waals surface area contributed by atoms with Crippen molar-refractivity contribution in [2.75, 3.05) is 0 Å². The van der Waals surface area contributed by atoms with Gasteiger partial charge in [-0.25, -0.2) is 4.21 Å². The highest BCUT2D eigenvalue weighted by Crippen LogP contribution is 2.11. The van der Waals surface area contributed by atoms with E-state index in [1.807, 2.05) is 39.8 Å². The smallest absolute Gasteiger partial charge is 0.144 e. The zero-order valence-electron chi connectivity index (χ0n) is 9.52. The predicted octanol–water partition coefficient (Wildman–Crippen LogP) is 2.27. The molecule has 0 saturated heterocycles. The molecule has 0 saturated carbocycles. The van der Waals surface area contributed by atoms with Crippen LogP contribution in [0.3, 0.4) is 0 Å². The van der Waals surface area contributed by atoms with Crippen LogP contribution in [0.25, 0.3) is 0 Å². The maximum absolute atomic E-state index is 11.6. The van der Waals surface area contributed by atoms with E-state index in [-0.39, 0.29) is 4.75 Å². The average Bonchev–Trinajstić information content (AvgIpc) is 2.15. The first kappa shape index (κ1) is 12.0. The summed E-state index contributed by atoms with van der Waals surface area (Å²) in [5.41, 5.74) is 1.84. The Kier molecular flexibility index (Phi) is 3.74. The van der Waals surface area contributed by atoms with E-state index in [2.05, 4.69) is 9.38 Å². The van der Waals surface area contributed by atoms with Crippen molar-refractivity contribution >= 4 is 17.2 Å². The van der Waals surface area contributed by atoms with Crippen molar-refractivity contribution < 1.29 is 4.21 Å². The molecule has 0 radical (unpaired) electrons. The van der Waals surface area contributed by atoms with Crippen LogP contribution in [0.5, 0.6) is 0 Å². The Balaban J connectivity index is 2.74. The van der Waals surface area contributed by atoms with Crippen LogP contribution in [0.15, 0.2) is 22.7 Å². The van der Waals surface area contributed by atoms with Crippen LogP contribution in [0, 0.1) is 6.92 Å². The summed E-state index contributed by atoms with van der Waals surface area (Å²) < 4.78 is 15.3. The van der Waals surface area contributed by atoms with Crippen LogP contribution < -0.4 is 0 Å². The molecule has 1 rings (SSSR count). The van der Waals surface area contributed by atoms with Crippen LogP contribution in [-0.2, 0) is 11.0 Å². The van der Waals surface area contributed by atoms with E-state index in [1.54, 1.807) is 12.4 Å². The van der Waals surface area contributed by atoms with Gasteiger partial charge in [-0.2, -0.15) is 4.40 Å². The first-order chi connectivity index (χ1) is 6.89. The van der Waals surface area contributed by atoms with Gasteiger partial charge in [0.05, 0.1) is 16.7 Å². The van der Waals surface area contributed by atoms with Crippen molar-refractivity contribution in [1.82, 2.24) is 4.98 Å². The van der Waals surface area contributed by atoms with Crippen molar-refractivity contribution in [2.45, 2.75) is 32.4 Å². The molecule has 15 heavy (non-hydrogen) atoms. The molecule has 82 valence electrons. The van der Waals surface area contributed by atoms with E-state index >= 15 is 0 Å². The Morgan fingerprint density at radius 2 is 2.07 bits per heavy atom. The summed E-state index contributed by atoms with van der Waals surface area (Å²) in [4.78, 5) is 4.15. The van der Waals surface area contributed by atoms with Gasteiger partial charge in [0.15, 0.2) is 0 Å². The summed E-state index contributed by atoms with van der Waals surface area (Å²) in [7, 11) is -1.21. The second-order valence-electron chi connectivity index (χ2n) is 4.36. The van der Waals surface area contributed by atoms with Crippen molar-refractivity contribution in [1.29, 1.82) is 0 Å². The SMILES string of the molecule is Cc1ccc(/C=N/[S@](=O)C(C)(C)C)nc1. The first-order valence-electron chi connectivity index (χ1n) is 4.78. The number of hydrogen-bond acceptors (Lipinski definition) is 2. The van der Waals surface area contributed by atoms with Gasteiger partial charge >= 0.3 is 0 Å². The molecule has 1 atom stereocenters. The van der Waals surface area contributed by atoms with Crippen molar-refractivity contribution in [3.63, 3.8) is 0 Å². The summed E-state index contributed by atoms with van der Waals surface area (Å²) in [5, 5.41) is 0. The second kappa shape index (κ2) is 4.66. The molecule has 1 heterocycles. The van der Waals surface area contributed by atoms with E-state index < -0.39 is 11.0 Å². The molecule has 0 aliphatic carbocycles. The minimum absolute atomic E-state index is 0.318. The standard InChI is InChI=1S/C11H16N2OS/c1-9-5-6-10(12-7-9)8-13-15(14)11(2,3)4/h5-8H,1-4H3/b13-8+/t15-/m1/s1. The molecule has 3 nitrogen and oxygen atoms in total. The Labute approximate surface area is 93.2 Å². The van der Waals surface area contributed by atoms with Gasteiger partial charge in [-0.05, 0) is 39.3 Å². The van der Waals surface area contributed by atoms with Gasteiger partial charge in [0.25, 0.3) is 0 Å². The molecule has 0 aliphatic rings. The highest BCUT2D eigenvalue weighted by Gasteiger charge is 2.18. The van der Waals surface area contributed by atoms with Crippen LogP contribution >= 0.6 is 0 Å². The lowest BCUT2D eigenvalue weighted by atomic mass is 10.3. The maximum Gasteiger partial charge on any atom is 0.144 e. The fourth-order valence-electron chi connectivity index (χ4n) is 0.816. The number of aryl methyl sites for hydroxylation is 1. The molecular weight excluding hydrogens is 208 g/mol. The average molecular weight is 224 g/mol. The van der Waals surface area contributed by atoms with E-state index in [4.69, 9.17) is 0 Å². The van der Waals surface area contributed by atoms with Gasteiger partial charge in [0.1, 0.15) is 11.0 Å². The van der Waals surface area contributed by atoms with Crippen molar-refractivity contribution in [3.8, 4) is 0 Å². The lowest BCUT2D eigenvalue weighted by Gasteiger charge is -2.12. The van der Waals surface area contributed by atoms with Gasteiger partial charge in [0, 0.05) is 6.20 Å². The van der Waals surface area contributed by atoms with E-state index in [0.717, 1.165) is 11.3 Å². The molecule has 1 aromatic heterocycles. The summed E-state index contributed by atoms with van der Waals surface area (Å²) in [6, 6.07) is 3.81. The molecule has 0 aliphatic heterocycles. The number of aromatic nitrogens is 1. The molecule has 4 heteroatoms. The fourth-order valence-corrected chi connectivity index (χ4v) is 1.34. The first-order valence-corrected chi connectivity index (χ1v) is 5.89. The lowest BCUT2D eigenvalue weighted by molar-refractivity contribution is 0.651. The Morgan fingerprint density at radius 3 is 2.53 bits per heavy atom. The number of nitrogens with zero attached hydrogens (tertiary/aromatic N) is 2. The van der Waals surface area contributed by atoms with E-state index in [1.165, 1.54) is 0 Å². The molecule has 0 bridgehead atoms. The highest BCUT2D eigenvalue weighted by molar-refractivity contribution is 7.85. The molecule has 0 unspecified atom stereocenters. The topological polar surface area (TPSA) is 42.3 Å². The third kappa shape index (κ3) is 3.91. The van der Waals surface area contributed by atoms with Gasteiger partial charge < -0.3 is 0 Å². The quantitative estimate of drug-likeness (QED) is 0.723. The summed E-state index contributed by atoms with van der Waals surface area (Å²) in [5.74, 6) is 0. The van der Waals surface area contributed by atoms with Crippen LogP contribution in [0.2, 0.25) is 0 Å². The second-order valence-corrected chi connectivity index (χ2v) is 6.29. The molecule has 0 amide bonds. The fraction of sp³-hybridized carbons (Fsp3) is 0.455. The minimum atomic E-state index is -1.21. The largest absolute Gasteiger partial charge is 0.255 e. The van der Waals surface area contributed by atoms with Crippen LogP contribution in [-0.4, -0.2) is 20.2 Å². The molecule has 0 aromatic carbocycles. The predicted molar refractivity (Wildman–Crippen MR) is 64.5 cm³/mol. The number of rotatable bonds is 2. The summed E-state index contributed by atoms with van der Waals surface area (Å²) >= 11 is 0. The molecular formula is C11H16N2OS. The van der Waals surface area contributed by atoms with Gasteiger partial charge in [0.2, 0.25) is 0 Å². The Hall–Kier alpha value is -1.03. The van der Waals surface area contributed by atoms with Gasteiger partial charge in [-0.15, -0.1) is 0 Å². The van der Waals surface area contributed by atoms with Crippen LogP contribution in [0.1, 0.15) is 32.0 Å². The van der Waals surface area contributed by atoms with Gasteiger partial charge in [-0.3, -0.25) is 4.98 Å². The minimum Gasteiger partial charge on any atom is -0.255 e. The molecule has 0 N–H and O–H groups in total. The monoisotopic (exact) mass is 224 g/mol. The third-order valence-corrected chi connectivity index (χ3v) is 3.08. The molecule has 0 fully saturated rings. The maximum atomic E-state index is 11.6. The van der Waals surface area contributed by atoms with Gasteiger partial charge in [-0.1, -0.05) is 6.07 Å². The zero-order chi connectivity index (χ0) is 11.5. The molecule has 1 aromatic rings. The normalized spacial score (nSPS) is 14.4. The van der Waals surface area contributed by atoms with E-state index in [0.29, 0.717) is 0 Å². The zero-order valence-corrected chi connectivity index (χ0v) is 10.3. The Bertz CT molecular complexity index is 377. The Morgan fingerprint density at radius 1 is 1.40 bits per heavy atom. The van der Waals surface area contributed by atoms with Crippen molar-refractivity contribution in [2.24, 2.45) is 4.40 Å². The molecule has 0 spiro atoms. The number of pyridine rings is 1. The van der Waals surface area contributed by atoms with Crippen molar-refractivity contribution in [3.05, 3.63) is 29.6 Å². The summed E-state index contributed by atoms with van der Waals surface area (Å²) in [6.07, 6.45) is 3.32. The van der Waals surface area contributed by atoms with E-state index in [9.17, 15) is 4.21 Å². The highest BCUT2D eigenvalue weighted by atomic mass is 32.2. The summed E-state index contributed by atoms with van der Waals surface area (Å²) in [6.45, 7) is 7.65. The number of hydrogen-bond donors (Lipinski definition) is 0.